The van der Waals surface area contributed by atoms with E-state index in [9.17, 15) is 19.3 Å². The van der Waals surface area contributed by atoms with Crippen molar-refractivity contribution in [2.24, 2.45) is 0 Å². The van der Waals surface area contributed by atoms with Crippen LogP contribution in [0.25, 0.3) is 0 Å². The molecule has 0 aromatic heterocycles. The fourth-order valence-corrected chi connectivity index (χ4v) is 1.83. The van der Waals surface area contributed by atoms with E-state index in [1.807, 2.05) is 0 Å². The van der Waals surface area contributed by atoms with Crippen LogP contribution in [0.3, 0.4) is 0 Å². The quantitative estimate of drug-likeness (QED) is 0.515. The van der Waals surface area contributed by atoms with Crippen molar-refractivity contribution < 1.29 is 14.1 Å². The van der Waals surface area contributed by atoms with Gasteiger partial charge in [-0.1, -0.05) is 0 Å². The Hall–Kier alpha value is -2.96. The third kappa shape index (κ3) is 3.14. The number of nitro benzene ring substituents is 1. The molecule has 0 aliphatic carbocycles. The first-order valence-electron chi connectivity index (χ1n) is 6.00. The molecule has 2 aromatic rings. The number of halogens is 1. The SMILES string of the molecule is Cc1cc(C(=O)Nc2cc(F)ccc2N)ccc1[N+](=O)[O-]. The molecule has 0 aliphatic heterocycles. The van der Waals surface area contributed by atoms with Crippen LogP contribution in [0, 0.1) is 22.9 Å². The summed E-state index contributed by atoms with van der Waals surface area (Å²) in [6.45, 7) is 1.53. The van der Waals surface area contributed by atoms with Crippen LogP contribution in [0.2, 0.25) is 0 Å². The van der Waals surface area contributed by atoms with E-state index in [0.29, 0.717) is 5.56 Å². The van der Waals surface area contributed by atoms with Gasteiger partial charge >= 0.3 is 0 Å². The zero-order valence-electron chi connectivity index (χ0n) is 11.1. The van der Waals surface area contributed by atoms with Gasteiger partial charge in [0.05, 0.1) is 16.3 Å². The van der Waals surface area contributed by atoms with Crippen LogP contribution >= 0.6 is 0 Å². The molecular weight excluding hydrogens is 277 g/mol. The largest absolute Gasteiger partial charge is 0.397 e. The summed E-state index contributed by atoms with van der Waals surface area (Å²) in [6.07, 6.45) is 0. The van der Waals surface area contributed by atoms with E-state index in [4.69, 9.17) is 5.73 Å². The van der Waals surface area contributed by atoms with E-state index in [0.717, 1.165) is 6.07 Å². The minimum Gasteiger partial charge on any atom is -0.397 e. The molecule has 0 heterocycles. The van der Waals surface area contributed by atoms with Crippen molar-refractivity contribution >= 4 is 23.0 Å². The average Bonchev–Trinajstić information content (AvgIpc) is 2.42. The Labute approximate surface area is 119 Å². The number of carbonyl (C=O) groups is 1. The number of nitrogens with zero attached hydrogens (tertiary/aromatic N) is 1. The van der Waals surface area contributed by atoms with Crippen LogP contribution in [-0.2, 0) is 0 Å². The first kappa shape index (κ1) is 14.4. The molecule has 6 nitrogen and oxygen atoms in total. The number of nitrogens with two attached hydrogens (primary N) is 1. The number of rotatable bonds is 3. The lowest BCUT2D eigenvalue weighted by atomic mass is 10.1. The summed E-state index contributed by atoms with van der Waals surface area (Å²) >= 11 is 0. The molecule has 108 valence electrons. The van der Waals surface area contributed by atoms with E-state index in [-0.39, 0.29) is 22.6 Å². The Morgan fingerprint density at radius 2 is 2.00 bits per heavy atom. The molecular formula is C14H12FN3O3. The van der Waals surface area contributed by atoms with E-state index in [1.165, 1.54) is 37.3 Å². The maximum absolute atomic E-state index is 13.1. The predicted octanol–water partition coefficient (Wildman–Crippen LogP) is 2.88. The molecule has 0 unspecified atom stereocenters. The van der Waals surface area contributed by atoms with Crippen LogP contribution in [-0.4, -0.2) is 10.8 Å². The Morgan fingerprint density at radius 3 is 2.62 bits per heavy atom. The first-order valence-corrected chi connectivity index (χ1v) is 6.00. The fourth-order valence-electron chi connectivity index (χ4n) is 1.83. The summed E-state index contributed by atoms with van der Waals surface area (Å²) in [5, 5.41) is 13.2. The zero-order chi connectivity index (χ0) is 15.6. The molecule has 0 fully saturated rings. The highest BCUT2D eigenvalue weighted by molar-refractivity contribution is 6.06. The molecule has 0 saturated carbocycles. The topological polar surface area (TPSA) is 98.3 Å². The van der Waals surface area contributed by atoms with Crippen molar-refractivity contribution in [1.82, 2.24) is 0 Å². The van der Waals surface area contributed by atoms with Gasteiger partial charge in [-0.15, -0.1) is 0 Å². The van der Waals surface area contributed by atoms with Crippen molar-refractivity contribution in [2.75, 3.05) is 11.1 Å². The first-order chi connectivity index (χ1) is 9.88. The van der Waals surface area contributed by atoms with E-state index >= 15 is 0 Å². The highest BCUT2D eigenvalue weighted by atomic mass is 19.1. The minimum absolute atomic E-state index is 0.0724. The molecule has 0 bridgehead atoms. The van der Waals surface area contributed by atoms with Gasteiger partial charge in [0.1, 0.15) is 5.82 Å². The summed E-state index contributed by atoms with van der Waals surface area (Å²) in [4.78, 5) is 22.2. The Kier molecular flexibility index (Phi) is 3.84. The van der Waals surface area contributed by atoms with Gasteiger partial charge in [-0.25, -0.2) is 4.39 Å². The lowest BCUT2D eigenvalue weighted by Crippen LogP contribution is -2.13. The van der Waals surface area contributed by atoms with Gasteiger partial charge in [0.15, 0.2) is 0 Å². The van der Waals surface area contributed by atoms with Gasteiger partial charge in [-0.2, -0.15) is 0 Å². The third-order valence-corrected chi connectivity index (χ3v) is 2.92. The van der Waals surface area contributed by atoms with E-state index < -0.39 is 16.6 Å². The summed E-state index contributed by atoms with van der Waals surface area (Å²) in [6, 6.07) is 7.59. The Balaban J connectivity index is 2.26. The van der Waals surface area contributed by atoms with E-state index in [1.54, 1.807) is 0 Å². The maximum Gasteiger partial charge on any atom is 0.272 e. The molecule has 3 N–H and O–H groups in total. The molecule has 7 heteroatoms. The second-order valence-electron chi connectivity index (χ2n) is 4.44. The number of carbonyl (C=O) groups excluding carboxylic acids is 1. The molecule has 0 saturated heterocycles. The number of nitrogen functional groups attached to an aromatic ring is 1. The lowest BCUT2D eigenvalue weighted by molar-refractivity contribution is -0.385. The third-order valence-electron chi connectivity index (χ3n) is 2.92. The van der Waals surface area contributed by atoms with Gasteiger partial charge in [-0.3, -0.25) is 14.9 Å². The number of anilines is 2. The van der Waals surface area contributed by atoms with Crippen LogP contribution in [0.1, 0.15) is 15.9 Å². The Morgan fingerprint density at radius 1 is 1.29 bits per heavy atom. The van der Waals surface area contributed by atoms with Gasteiger partial charge in [0, 0.05) is 17.2 Å². The normalized spacial score (nSPS) is 10.2. The van der Waals surface area contributed by atoms with Gasteiger partial charge in [0.2, 0.25) is 0 Å². The molecule has 0 spiro atoms. The number of aryl methyl sites for hydroxylation is 1. The standard InChI is InChI=1S/C14H12FN3O3/c1-8-6-9(2-5-13(8)18(20)21)14(19)17-12-7-10(15)3-4-11(12)16/h2-7H,16H2,1H3,(H,17,19). The van der Waals surface area contributed by atoms with Crippen molar-refractivity contribution in [2.45, 2.75) is 6.92 Å². The number of nitro groups is 1. The summed E-state index contributed by atoms with van der Waals surface area (Å²) in [5.41, 5.74) is 6.53. The van der Waals surface area contributed by atoms with Crippen LogP contribution in [0.5, 0.6) is 0 Å². The predicted molar refractivity (Wildman–Crippen MR) is 76.6 cm³/mol. The maximum atomic E-state index is 13.1. The summed E-state index contributed by atoms with van der Waals surface area (Å²) in [7, 11) is 0. The number of benzene rings is 2. The molecule has 0 aliphatic rings. The van der Waals surface area contributed by atoms with Crippen LogP contribution < -0.4 is 11.1 Å². The lowest BCUT2D eigenvalue weighted by Gasteiger charge is -2.08. The van der Waals surface area contributed by atoms with Crippen LogP contribution in [0.15, 0.2) is 36.4 Å². The van der Waals surface area contributed by atoms with Crippen molar-refractivity contribution in [1.29, 1.82) is 0 Å². The molecule has 0 radical (unpaired) electrons. The highest BCUT2D eigenvalue weighted by Gasteiger charge is 2.14. The summed E-state index contributed by atoms with van der Waals surface area (Å²) < 4.78 is 13.1. The monoisotopic (exact) mass is 289 g/mol. The smallest absolute Gasteiger partial charge is 0.272 e. The van der Waals surface area contributed by atoms with Crippen molar-refractivity contribution in [3.63, 3.8) is 0 Å². The van der Waals surface area contributed by atoms with Crippen LogP contribution in [0.4, 0.5) is 21.5 Å². The molecule has 2 aromatic carbocycles. The summed E-state index contributed by atoms with van der Waals surface area (Å²) in [5.74, 6) is -1.05. The van der Waals surface area contributed by atoms with Gasteiger partial charge < -0.3 is 11.1 Å². The number of nitrogens with one attached hydrogen (secondary N) is 1. The fraction of sp³-hybridized carbons (Fsp3) is 0.0714. The second-order valence-corrected chi connectivity index (χ2v) is 4.44. The number of hydrogen-bond acceptors (Lipinski definition) is 4. The Bertz CT molecular complexity index is 731. The van der Waals surface area contributed by atoms with Gasteiger partial charge in [-0.05, 0) is 37.3 Å². The number of hydrogen-bond donors (Lipinski definition) is 2. The second kappa shape index (κ2) is 5.58. The van der Waals surface area contributed by atoms with E-state index in [2.05, 4.69) is 5.32 Å². The molecule has 1 amide bonds. The zero-order valence-corrected chi connectivity index (χ0v) is 11.1. The minimum atomic E-state index is -0.528. The molecule has 2 rings (SSSR count). The highest BCUT2D eigenvalue weighted by Crippen LogP contribution is 2.22. The van der Waals surface area contributed by atoms with Crippen molar-refractivity contribution in [3.05, 3.63) is 63.5 Å². The average molecular weight is 289 g/mol. The molecule has 0 atom stereocenters. The van der Waals surface area contributed by atoms with Crippen molar-refractivity contribution in [3.8, 4) is 0 Å². The van der Waals surface area contributed by atoms with Gasteiger partial charge in [0.25, 0.3) is 11.6 Å². The number of amides is 1. The molecule has 21 heavy (non-hydrogen) atoms.